The maximum atomic E-state index is 11.9. The van der Waals surface area contributed by atoms with E-state index in [0.29, 0.717) is 0 Å². The van der Waals surface area contributed by atoms with Crippen molar-refractivity contribution in [2.75, 3.05) is 0 Å². The highest BCUT2D eigenvalue weighted by atomic mass is 19.4. The molecule has 0 aromatic heterocycles. The minimum atomic E-state index is -5.15. The molecule has 1 aromatic carbocycles. The first-order valence-corrected chi connectivity index (χ1v) is 3.87. The molecule has 0 saturated carbocycles. The average molecular weight is 240 g/mol. The lowest BCUT2D eigenvalue weighted by Gasteiger charge is -2.15. The molecule has 4 N–H and O–H groups in total. The number of hydrogen-bond donors (Lipinski definition) is 4. The molecule has 1 rings (SSSR count). The van der Waals surface area contributed by atoms with Gasteiger partial charge in [-0.3, -0.25) is 0 Å². The van der Waals surface area contributed by atoms with Gasteiger partial charge in [0.05, 0.1) is 0 Å². The van der Waals surface area contributed by atoms with E-state index in [1.54, 1.807) is 0 Å². The van der Waals surface area contributed by atoms with Crippen molar-refractivity contribution in [1.29, 1.82) is 0 Å². The summed E-state index contributed by atoms with van der Waals surface area (Å²) in [4.78, 5) is 0. The summed E-state index contributed by atoms with van der Waals surface area (Å²) in [6, 6.07) is 0. The first-order chi connectivity index (χ1) is 7.15. The van der Waals surface area contributed by atoms with Crippen LogP contribution in [0.5, 0.6) is 28.7 Å². The molecule has 90 valence electrons. The SMILES string of the molecule is Cc1c(O)c(O)c(O)c(OC(F)(F)F)c1O. The monoisotopic (exact) mass is 240 g/mol. The molecule has 0 aliphatic heterocycles. The van der Waals surface area contributed by atoms with Gasteiger partial charge in [-0.05, 0) is 6.92 Å². The van der Waals surface area contributed by atoms with Crippen molar-refractivity contribution in [2.24, 2.45) is 0 Å². The van der Waals surface area contributed by atoms with Crippen LogP contribution in [-0.4, -0.2) is 26.8 Å². The van der Waals surface area contributed by atoms with Crippen molar-refractivity contribution >= 4 is 0 Å². The lowest BCUT2D eigenvalue weighted by Crippen LogP contribution is -2.17. The van der Waals surface area contributed by atoms with Crippen LogP contribution in [0.25, 0.3) is 0 Å². The Labute approximate surface area is 86.9 Å². The van der Waals surface area contributed by atoms with Crippen LogP contribution in [-0.2, 0) is 0 Å². The second kappa shape index (κ2) is 3.54. The number of ether oxygens (including phenoxy) is 1. The molecule has 0 amide bonds. The van der Waals surface area contributed by atoms with E-state index >= 15 is 0 Å². The predicted octanol–water partition coefficient (Wildman–Crippen LogP) is 1.72. The van der Waals surface area contributed by atoms with E-state index in [-0.39, 0.29) is 0 Å². The third kappa shape index (κ3) is 2.00. The Morgan fingerprint density at radius 2 is 1.38 bits per heavy atom. The van der Waals surface area contributed by atoms with Gasteiger partial charge in [0.1, 0.15) is 0 Å². The van der Waals surface area contributed by atoms with Gasteiger partial charge in [0.25, 0.3) is 0 Å². The van der Waals surface area contributed by atoms with Crippen LogP contribution < -0.4 is 4.74 Å². The molecule has 8 heteroatoms. The van der Waals surface area contributed by atoms with Crippen LogP contribution in [0.4, 0.5) is 13.2 Å². The topological polar surface area (TPSA) is 90.2 Å². The van der Waals surface area contributed by atoms with Gasteiger partial charge in [-0.1, -0.05) is 0 Å². The summed E-state index contributed by atoms with van der Waals surface area (Å²) in [6.45, 7) is 1.03. The van der Waals surface area contributed by atoms with Gasteiger partial charge < -0.3 is 25.2 Å². The fraction of sp³-hybridized carbons (Fsp3) is 0.250. The van der Waals surface area contributed by atoms with Crippen LogP contribution in [0.3, 0.4) is 0 Å². The molecule has 0 saturated heterocycles. The molecule has 16 heavy (non-hydrogen) atoms. The van der Waals surface area contributed by atoms with E-state index in [1.165, 1.54) is 0 Å². The van der Waals surface area contributed by atoms with Crippen molar-refractivity contribution < 1.29 is 38.3 Å². The van der Waals surface area contributed by atoms with Crippen molar-refractivity contribution in [3.63, 3.8) is 0 Å². The minimum absolute atomic E-state index is 0.449. The molecule has 1 aromatic rings. The van der Waals surface area contributed by atoms with E-state index in [4.69, 9.17) is 15.3 Å². The second-order valence-electron chi connectivity index (χ2n) is 2.90. The minimum Gasteiger partial charge on any atom is -0.504 e. The molecule has 0 aliphatic carbocycles. The normalized spacial score (nSPS) is 11.5. The Hall–Kier alpha value is -1.99. The average Bonchev–Trinajstić information content (AvgIpc) is 2.17. The molecular weight excluding hydrogens is 233 g/mol. The number of phenols is 4. The Kier molecular flexibility index (Phi) is 2.68. The maximum Gasteiger partial charge on any atom is 0.573 e. The van der Waals surface area contributed by atoms with Gasteiger partial charge in [0, 0.05) is 5.56 Å². The van der Waals surface area contributed by atoms with Crippen LogP contribution >= 0.6 is 0 Å². The van der Waals surface area contributed by atoms with Crippen molar-refractivity contribution in [2.45, 2.75) is 13.3 Å². The van der Waals surface area contributed by atoms with Crippen molar-refractivity contribution in [1.82, 2.24) is 0 Å². The Balaban J connectivity index is 3.40. The molecule has 0 fully saturated rings. The number of benzene rings is 1. The number of hydrogen-bond acceptors (Lipinski definition) is 5. The first kappa shape index (κ1) is 12.1. The largest absolute Gasteiger partial charge is 0.573 e. The molecule has 0 spiro atoms. The molecule has 5 nitrogen and oxygen atoms in total. The second-order valence-corrected chi connectivity index (χ2v) is 2.90. The predicted molar refractivity (Wildman–Crippen MR) is 44.5 cm³/mol. The summed E-state index contributed by atoms with van der Waals surface area (Å²) < 4.78 is 38.9. The van der Waals surface area contributed by atoms with Gasteiger partial charge in [0.15, 0.2) is 11.5 Å². The Morgan fingerprint density at radius 1 is 0.875 bits per heavy atom. The summed E-state index contributed by atoms with van der Waals surface area (Å²) >= 11 is 0. The molecular formula is C8H7F3O5. The van der Waals surface area contributed by atoms with Gasteiger partial charge in [-0.2, -0.15) is 0 Å². The number of alkyl halides is 3. The molecule has 0 bridgehead atoms. The standard InChI is InChI=1S/C8H7F3O5/c1-2-3(12)5(14)6(15)7(4(2)13)16-8(9,10)11/h12-15H,1H3. The summed E-state index contributed by atoms with van der Waals surface area (Å²) in [6.07, 6.45) is -5.15. The number of phenolic OH excluding ortho intramolecular Hbond substituents is 4. The molecule has 0 aliphatic rings. The van der Waals surface area contributed by atoms with Crippen LogP contribution in [0.15, 0.2) is 0 Å². The fourth-order valence-corrected chi connectivity index (χ4v) is 1.00. The summed E-state index contributed by atoms with van der Waals surface area (Å²) in [5, 5.41) is 36.4. The number of aromatic hydroxyl groups is 4. The Morgan fingerprint density at radius 3 is 1.81 bits per heavy atom. The van der Waals surface area contributed by atoms with Gasteiger partial charge >= 0.3 is 6.36 Å². The summed E-state index contributed by atoms with van der Waals surface area (Å²) in [5.74, 6) is -5.98. The van der Waals surface area contributed by atoms with Gasteiger partial charge in [-0.25, -0.2) is 0 Å². The smallest absolute Gasteiger partial charge is 0.504 e. The highest BCUT2D eigenvalue weighted by Gasteiger charge is 2.36. The third-order valence-electron chi connectivity index (χ3n) is 1.81. The van der Waals surface area contributed by atoms with Crippen LogP contribution in [0.1, 0.15) is 5.56 Å². The van der Waals surface area contributed by atoms with Crippen molar-refractivity contribution in [3.8, 4) is 28.7 Å². The van der Waals surface area contributed by atoms with E-state index in [2.05, 4.69) is 4.74 Å². The molecule has 0 atom stereocenters. The zero-order valence-electron chi connectivity index (χ0n) is 7.83. The number of halogens is 3. The summed E-state index contributed by atoms with van der Waals surface area (Å²) in [7, 11) is 0. The maximum absolute atomic E-state index is 11.9. The van der Waals surface area contributed by atoms with E-state index < -0.39 is 40.7 Å². The van der Waals surface area contributed by atoms with Gasteiger partial charge in [-0.15, -0.1) is 13.2 Å². The number of rotatable bonds is 1. The molecule has 0 unspecified atom stereocenters. The third-order valence-corrected chi connectivity index (χ3v) is 1.81. The quantitative estimate of drug-likeness (QED) is 0.443. The highest BCUT2D eigenvalue weighted by molar-refractivity contribution is 5.67. The fourth-order valence-electron chi connectivity index (χ4n) is 1.00. The molecule has 0 heterocycles. The van der Waals surface area contributed by atoms with E-state index in [0.717, 1.165) is 6.92 Å². The lowest BCUT2D eigenvalue weighted by molar-refractivity contribution is -0.275. The highest BCUT2D eigenvalue weighted by Crippen LogP contribution is 2.52. The summed E-state index contributed by atoms with van der Waals surface area (Å²) in [5.41, 5.74) is -0.449. The first-order valence-electron chi connectivity index (χ1n) is 3.87. The molecule has 0 radical (unpaired) electrons. The lowest BCUT2D eigenvalue weighted by atomic mass is 10.1. The van der Waals surface area contributed by atoms with E-state index in [9.17, 15) is 18.3 Å². The van der Waals surface area contributed by atoms with Crippen molar-refractivity contribution in [3.05, 3.63) is 5.56 Å². The van der Waals surface area contributed by atoms with Crippen LogP contribution in [0.2, 0.25) is 0 Å². The van der Waals surface area contributed by atoms with Crippen LogP contribution in [0, 0.1) is 6.92 Å². The zero-order valence-corrected chi connectivity index (χ0v) is 7.83. The zero-order chi connectivity index (χ0) is 12.7. The van der Waals surface area contributed by atoms with E-state index in [1.807, 2.05) is 0 Å². The van der Waals surface area contributed by atoms with Gasteiger partial charge in [0.2, 0.25) is 17.2 Å². The Bertz CT molecular complexity index is 398.